The van der Waals surface area contributed by atoms with Crippen molar-refractivity contribution in [3.63, 3.8) is 0 Å². The van der Waals surface area contributed by atoms with E-state index in [0.717, 1.165) is 25.5 Å². The largest absolute Gasteiger partial charge is 0.412 e. The van der Waals surface area contributed by atoms with E-state index in [9.17, 15) is 0 Å². The lowest BCUT2D eigenvalue weighted by atomic mass is 10.2. The third-order valence-corrected chi connectivity index (χ3v) is 4.95. The lowest BCUT2D eigenvalue weighted by molar-refractivity contribution is -0.835. The van der Waals surface area contributed by atoms with Crippen LogP contribution in [-0.2, 0) is 0 Å². The van der Waals surface area contributed by atoms with E-state index in [2.05, 4.69) is 61.6 Å². The average Bonchev–Trinajstić information content (AvgIpc) is 3.05. The second-order valence-corrected chi connectivity index (χ2v) is 6.70. The van der Waals surface area contributed by atoms with E-state index in [0.29, 0.717) is 4.48 Å². The Kier molecular flexibility index (Phi) is 10.3. The van der Waals surface area contributed by atoms with Crippen LogP contribution in [0.2, 0.25) is 0 Å². The molecule has 0 aliphatic carbocycles. The van der Waals surface area contributed by atoms with Crippen LogP contribution in [0.4, 0.5) is 0 Å². The number of rotatable bonds is 4. The van der Waals surface area contributed by atoms with Crippen molar-refractivity contribution in [2.24, 2.45) is 9.98 Å². The van der Waals surface area contributed by atoms with Crippen molar-refractivity contribution in [1.82, 2.24) is 0 Å². The van der Waals surface area contributed by atoms with Gasteiger partial charge in [-0.05, 0) is 25.7 Å². The van der Waals surface area contributed by atoms with Gasteiger partial charge in [-0.2, -0.15) is 0 Å². The molecule has 0 aromatic rings. The molecule has 0 saturated carbocycles. The van der Waals surface area contributed by atoms with Crippen molar-refractivity contribution < 1.29 is 18.7 Å². The fraction of sp³-hybridized carbons (Fsp3) is 0.700. The molecule has 2 aliphatic rings. The van der Waals surface area contributed by atoms with Gasteiger partial charge in [-0.1, -0.05) is 19.8 Å². The zero-order valence-corrected chi connectivity index (χ0v) is 16.9. The van der Waals surface area contributed by atoms with Crippen LogP contribution in [0, 0.1) is 23.8 Å². The second kappa shape index (κ2) is 11.1. The van der Waals surface area contributed by atoms with Crippen molar-refractivity contribution in [3.8, 4) is 23.8 Å². The molecule has 0 radical (unpaired) electrons. The topological polar surface area (TPSA) is 56.2 Å². The van der Waals surface area contributed by atoms with E-state index < -0.39 is 0 Å². The molecule has 25 heavy (non-hydrogen) atoms. The van der Waals surface area contributed by atoms with Crippen molar-refractivity contribution in [3.05, 3.63) is 0 Å². The lowest BCUT2D eigenvalue weighted by Gasteiger charge is -2.33. The number of hydrogen-bond acceptors (Lipinski definition) is 2. The molecular weight excluding hydrogens is 312 g/mol. The van der Waals surface area contributed by atoms with E-state index in [4.69, 9.17) is 0 Å². The molecule has 1 atom stereocenters. The van der Waals surface area contributed by atoms with Crippen LogP contribution in [0.15, 0.2) is 9.98 Å². The van der Waals surface area contributed by atoms with Gasteiger partial charge < -0.3 is 5.48 Å². The van der Waals surface area contributed by atoms with Crippen LogP contribution in [-0.4, -0.2) is 72.4 Å². The molecule has 5 nitrogen and oxygen atoms in total. The molecule has 146 valence electrons. The Morgan fingerprint density at radius 2 is 1.52 bits per heavy atom. The summed E-state index contributed by atoms with van der Waals surface area (Å²) in [4.78, 5) is 8.82. The summed E-state index contributed by atoms with van der Waals surface area (Å²) >= 11 is 0. The van der Waals surface area contributed by atoms with Gasteiger partial charge in [0.05, 0.1) is 33.2 Å². The molecule has 1 unspecified atom stereocenters. The third kappa shape index (κ3) is 6.29. The summed E-state index contributed by atoms with van der Waals surface area (Å²) < 4.78 is 1.81. The van der Waals surface area contributed by atoms with Crippen molar-refractivity contribution in [2.75, 3.05) is 46.3 Å². The highest BCUT2D eigenvalue weighted by atomic mass is 16.0. The zero-order chi connectivity index (χ0) is 18.1. The van der Waals surface area contributed by atoms with Crippen LogP contribution in [0.1, 0.15) is 51.7 Å². The maximum atomic E-state index is 4.52. The number of likely N-dealkylation sites (N-methyl/N-ethyl adjacent to an activating group) is 1. The van der Waals surface area contributed by atoms with Crippen LogP contribution < -0.4 is 0 Å². The Balaban J connectivity index is -0.000000180. The van der Waals surface area contributed by atoms with Gasteiger partial charge >= 0.3 is 0 Å². The van der Waals surface area contributed by atoms with Gasteiger partial charge in [0.1, 0.15) is 13.1 Å². The minimum Gasteiger partial charge on any atom is -0.412 e. The predicted molar refractivity (Wildman–Crippen MR) is 114 cm³/mol. The third-order valence-electron chi connectivity index (χ3n) is 4.95. The Morgan fingerprint density at radius 1 is 0.960 bits per heavy atom. The first-order valence-electron chi connectivity index (χ1n) is 9.13. The zero-order valence-electron chi connectivity index (χ0n) is 16.9. The van der Waals surface area contributed by atoms with Crippen molar-refractivity contribution in [2.45, 2.75) is 47.5 Å². The highest BCUT2D eigenvalue weighted by Gasteiger charge is 2.33. The molecule has 0 spiro atoms. The van der Waals surface area contributed by atoms with Crippen LogP contribution >= 0.6 is 0 Å². The first-order chi connectivity index (χ1) is 11.4. The van der Waals surface area contributed by atoms with Gasteiger partial charge in [-0.3, -0.25) is 4.48 Å². The lowest BCUT2D eigenvalue weighted by Crippen LogP contribution is -2.50. The minimum absolute atomic E-state index is 0. The van der Waals surface area contributed by atoms with E-state index in [1.54, 1.807) is 6.92 Å². The highest BCUT2D eigenvalue weighted by molar-refractivity contribution is 5.75. The van der Waals surface area contributed by atoms with Gasteiger partial charge in [0, 0.05) is 24.0 Å². The van der Waals surface area contributed by atoms with Crippen LogP contribution in [0.5, 0.6) is 0 Å². The summed E-state index contributed by atoms with van der Waals surface area (Å²) in [6.45, 7) is 17.2. The number of hydrogen-bond donors (Lipinski definition) is 0. The molecule has 2 aliphatic heterocycles. The van der Waals surface area contributed by atoms with Gasteiger partial charge in [0.15, 0.2) is 11.9 Å². The fourth-order valence-electron chi connectivity index (χ4n) is 3.31. The van der Waals surface area contributed by atoms with Gasteiger partial charge in [0.25, 0.3) is 0 Å². The van der Waals surface area contributed by atoms with Gasteiger partial charge in [-0.25, -0.2) is 14.5 Å². The maximum Gasteiger partial charge on any atom is 0.208 e. The summed E-state index contributed by atoms with van der Waals surface area (Å²) in [7, 11) is 2.07. The van der Waals surface area contributed by atoms with E-state index in [1.807, 2.05) is 6.92 Å². The Morgan fingerprint density at radius 3 is 1.92 bits per heavy atom. The number of nitrogens with zero attached hydrogens (tertiary/aromatic N) is 4. The summed E-state index contributed by atoms with van der Waals surface area (Å²) in [5, 5.41) is 0. The SMILES string of the molecule is CC#CC#C[N+]1(C)CCN=C1C.CCC[N+]1(CCC)CCN=C1C.O.[HH].[HH].[HH]. The average molecular weight is 355 g/mol. The predicted octanol–water partition coefficient (Wildman–Crippen LogP) is 2.82. The number of aliphatic imine (C=N–C) groups is 2. The standard InChI is InChI=1S/C10H13N2.C10H21N2.H2O.3H2/c1-4-5-6-8-12(3)9-7-11-10(12)2;1-4-7-12(8-5-2)9-6-11-10(12)3;;;;/h7,9H2,1-3H3;4-9H2,1-3H3;1H2;3*1H/q2*+1;;;;. The molecule has 0 fully saturated rings. The Bertz CT molecular complexity index is 608. The van der Waals surface area contributed by atoms with Crippen LogP contribution in [0.25, 0.3) is 0 Å². The Hall–Kier alpha value is -1.66. The van der Waals surface area contributed by atoms with Crippen molar-refractivity contribution >= 4 is 11.7 Å². The molecule has 2 heterocycles. The number of amidine groups is 2. The van der Waals surface area contributed by atoms with E-state index in [-0.39, 0.29) is 9.76 Å². The quantitative estimate of drug-likeness (QED) is 0.551. The first kappa shape index (κ1) is 23.3. The van der Waals surface area contributed by atoms with Gasteiger partial charge in [0.2, 0.25) is 5.84 Å². The summed E-state index contributed by atoms with van der Waals surface area (Å²) in [5.41, 5.74) is 0. The summed E-state index contributed by atoms with van der Waals surface area (Å²) in [6.07, 6.45) is 2.54. The molecular formula is C20H42N4O+2. The highest BCUT2D eigenvalue weighted by Crippen LogP contribution is 2.16. The fourth-order valence-corrected chi connectivity index (χ4v) is 3.31. The van der Waals surface area contributed by atoms with E-state index in [1.165, 1.54) is 42.8 Å². The van der Waals surface area contributed by atoms with E-state index >= 15 is 0 Å². The van der Waals surface area contributed by atoms with Crippen LogP contribution in [0.3, 0.4) is 0 Å². The molecule has 0 saturated heterocycles. The minimum atomic E-state index is 0. The van der Waals surface area contributed by atoms with Gasteiger partial charge in [-0.15, -0.1) is 0 Å². The first-order valence-corrected chi connectivity index (χ1v) is 9.13. The summed E-state index contributed by atoms with van der Waals surface area (Å²) in [5.74, 6) is 10.8. The second-order valence-electron chi connectivity index (χ2n) is 6.70. The molecule has 2 rings (SSSR count). The maximum absolute atomic E-state index is 4.52. The summed E-state index contributed by atoms with van der Waals surface area (Å²) in [6, 6.07) is 3.09. The Labute approximate surface area is 158 Å². The molecule has 0 aromatic carbocycles. The molecule has 2 N–H and O–H groups in total. The normalized spacial score (nSPS) is 22.8. The smallest absolute Gasteiger partial charge is 0.208 e. The molecule has 5 heteroatoms. The van der Waals surface area contributed by atoms with Crippen molar-refractivity contribution in [1.29, 1.82) is 0 Å². The molecule has 0 bridgehead atoms. The molecule has 0 aromatic heterocycles. The number of quaternary nitrogens is 2. The monoisotopic (exact) mass is 354 g/mol. The molecule has 0 amide bonds.